The van der Waals surface area contributed by atoms with Crippen LogP contribution in [0.1, 0.15) is 30.1 Å². The molecule has 2 rings (SSSR count). The Balaban J connectivity index is 1.81. The fraction of sp³-hybridized carbons (Fsp3) is 0.462. The molecule has 1 fully saturated rings. The van der Waals surface area contributed by atoms with E-state index in [-0.39, 0.29) is 11.9 Å². The van der Waals surface area contributed by atoms with E-state index in [9.17, 15) is 4.79 Å². The number of hydrogen-bond acceptors (Lipinski definition) is 3. The highest BCUT2D eigenvalue weighted by Gasteiger charge is 2.30. The molecule has 3 nitrogen and oxygen atoms in total. The van der Waals surface area contributed by atoms with Crippen molar-refractivity contribution < 1.29 is 9.53 Å². The highest BCUT2D eigenvalue weighted by molar-refractivity contribution is 7.80. The first kappa shape index (κ1) is 12.5. The molecule has 0 radical (unpaired) electrons. The number of amides is 1. The lowest BCUT2D eigenvalue weighted by Gasteiger charge is -2.35. The molecule has 0 spiro atoms. The second kappa shape index (κ2) is 5.56. The molecule has 0 atom stereocenters. The van der Waals surface area contributed by atoms with Crippen LogP contribution in [0.25, 0.3) is 0 Å². The van der Waals surface area contributed by atoms with Gasteiger partial charge in [-0.2, -0.15) is 0 Å². The van der Waals surface area contributed by atoms with Crippen molar-refractivity contribution in [3.8, 4) is 0 Å². The number of rotatable bonds is 4. The first-order chi connectivity index (χ1) is 8.19. The Morgan fingerprint density at radius 3 is 2.65 bits per heavy atom. The predicted octanol–water partition coefficient (Wildman–Crippen LogP) is 2.27. The van der Waals surface area contributed by atoms with Crippen LogP contribution < -0.4 is 5.32 Å². The molecule has 1 aliphatic carbocycles. The standard InChI is InChI=1S/C13H17NO2S/c1-2-16-11-7-10(8-11)14-13(15)9-3-5-12(17)6-4-9/h3-6,10-11,17H,2,7-8H2,1H3,(H,14,15). The Morgan fingerprint density at radius 2 is 2.06 bits per heavy atom. The van der Waals surface area contributed by atoms with Gasteiger partial charge < -0.3 is 10.1 Å². The fourth-order valence-corrected chi connectivity index (χ4v) is 2.09. The van der Waals surface area contributed by atoms with Crippen LogP contribution in [0.3, 0.4) is 0 Å². The van der Waals surface area contributed by atoms with E-state index < -0.39 is 0 Å². The Hall–Kier alpha value is -1.00. The van der Waals surface area contributed by atoms with Gasteiger partial charge in [-0.15, -0.1) is 12.6 Å². The van der Waals surface area contributed by atoms with E-state index in [4.69, 9.17) is 4.74 Å². The molecule has 0 heterocycles. The number of benzene rings is 1. The van der Waals surface area contributed by atoms with Gasteiger partial charge in [0, 0.05) is 23.1 Å². The summed E-state index contributed by atoms with van der Waals surface area (Å²) in [5, 5.41) is 3.00. The lowest BCUT2D eigenvalue weighted by Crippen LogP contribution is -2.47. The molecule has 0 unspecified atom stereocenters. The lowest BCUT2D eigenvalue weighted by atomic mass is 9.89. The van der Waals surface area contributed by atoms with Gasteiger partial charge in [-0.3, -0.25) is 4.79 Å². The summed E-state index contributed by atoms with van der Waals surface area (Å²) < 4.78 is 5.45. The van der Waals surface area contributed by atoms with E-state index in [0.717, 1.165) is 24.3 Å². The first-order valence-corrected chi connectivity index (χ1v) is 6.35. The van der Waals surface area contributed by atoms with Crippen molar-refractivity contribution in [2.24, 2.45) is 0 Å². The summed E-state index contributed by atoms with van der Waals surface area (Å²) in [4.78, 5) is 12.7. The summed E-state index contributed by atoms with van der Waals surface area (Å²) in [6.07, 6.45) is 2.17. The molecule has 1 saturated carbocycles. The van der Waals surface area contributed by atoms with E-state index in [1.807, 2.05) is 19.1 Å². The van der Waals surface area contributed by atoms with Crippen molar-refractivity contribution in [1.82, 2.24) is 5.32 Å². The van der Waals surface area contributed by atoms with Gasteiger partial charge in [-0.1, -0.05) is 0 Å². The Kier molecular flexibility index (Phi) is 4.07. The average molecular weight is 251 g/mol. The van der Waals surface area contributed by atoms with Gasteiger partial charge in [-0.05, 0) is 44.0 Å². The molecule has 92 valence electrons. The topological polar surface area (TPSA) is 38.3 Å². The number of thiol groups is 1. The van der Waals surface area contributed by atoms with Gasteiger partial charge in [-0.25, -0.2) is 0 Å². The van der Waals surface area contributed by atoms with E-state index in [1.165, 1.54) is 0 Å². The van der Waals surface area contributed by atoms with Crippen LogP contribution in [0, 0.1) is 0 Å². The van der Waals surface area contributed by atoms with Crippen molar-refractivity contribution in [1.29, 1.82) is 0 Å². The van der Waals surface area contributed by atoms with Crippen LogP contribution in [0.15, 0.2) is 29.2 Å². The van der Waals surface area contributed by atoms with Gasteiger partial charge >= 0.3 is 0 Å². The van der Waals surface area contributed by atoms with Crippen LogP contribution in [-0.2, 0) is 4.74 Å². The molecule has 0 aromatic heterocycles. The summed E-state index contributed by atoms with van der Waals surface area (Å²) in [6.45, 7) is 2.74. The van der Waals surface area contributed by atoms with Crippen molar-refractivity contribution in [2.45, 2.75) is 36.8 Å². The van der Waals surface area contributed by atoms with Crippen LogP contribution in [-0.4, -0.2) is 24.7 Å². The Morgan fingerprint density at radius 1 is 1.41 bits per heavy atom. The van der Waals surface area contributed by atoms with Gasteiger partial charge in [0.15, 0.2) is 0 Å². The number of carbonyl (C=O) groups is 1. The molecule has 1 aliphatic rings. The molecule has 0 saturated heterocycles. The number of ether oxygens (including phenoxy) is 1. The van der Waals surface area contributed by atoms with Crippen LogP contribution in [0.5, 0.6) is 0 Å². The number of carbonyl (C=O) groups excluding carboxylic acids is 1. The summed E-state index contributed by atoms with van der Waals surface area (Å²) in [5.41, 5.74) is 0.683. The van der Waals surface area contributed by atoms with E-state index in [0.29, 0.717) is 11.7 Å². The molecule has 0 aliphatic heterocycles. The highest BCUT2D eigenvalue weighted by atomic mass is 32.1. The van der Waals surface area contributed by atoms with Gasteiger partial charge in [0.2, 0.25) is 0 Å². The summed E-state index contributed by atoms with van der Waals surface area (Å²) >= 11 is 4.19. The molecule has 1 aromatic carbocycles. The Bertz CT molecular complexity index is 385. The monoisotopic (exact) mass is 251 g/mol. The van der Waals surface area contributed by atoms with Crippen molar-refractivity contribution in [2.75, 3.05) is 6.61 Å². The van der Waals surface area contributed by atoms with Gasteiger partial charge in [0.05, 0.1) is 6.10 Å². The minimum Gasteiger partial charge on any atom is -0.378 e. The van der Waals surface area contributed by atoms with Gasteiger partial charge in [0.25, 0.3) is 5.91 Å². The first-order valence-electron chi connectivity index (χ1n) is 5.90. The molecule has 4 heteroatoms. The van der Waals surface area contributed by atoms with Crippen LogP contribution >= 0.6 is 12.6 Å². The smallest absolute Gasteiger partial charge is 0.251 e. The van der Waals surface area contributed by atoms with E-state index in [1.54, 1.807) is 12.1 Å². The zero-order valence-electron chi connectivity index (χ0n) is 9.85. The highest BCUT2D eigenvalue weighted by Crippen LogP contribution is 2.23. The average Bonchev–Trinajstić information content (AvgIpc) is 2.27. The minimum absolute atomic E-state index is 0.0155. The quantitative estimate of drug-likeness (QED) is 0.806. The lowest BCUT2D eigenvalue weighted by molar-refractivity contribution is -0.00862. The van der Waals surface area contributed by atoms with Crippen LogP contribution in [0.2, 0.25) is 0 Å². The van der Waals surface area contributed by atoms with Crippen molar-refractivity contribution in [3.63, 3.8) is 0 Å². The predicted molar refractivity (Wildman–Crippen MR) is 69.6 cm³/mol. The zero-order valence-corrected chi connectivity index (χ0v) is 10.7. The molecule has 1 N–H and O–H groups in total. The largest absolute Gasteiger partial charge is 0.378 e. The second-order valence-corrected chi connectivity index (χ2v) is 4.78. The normalized spacial score (nSPS) is 22.9. The third kappa shape index (κ3) is 3.23. The zero-order chi connectivity index (χ0) is 12.3. The molecule has 17 heavy (non-hydrogen) atoms. The third-order valence-electron chi connectivity index (χ3n) is 2.96. The van der Waals surface area contributed by atoms with E-state index in [2.05, 4.69) is 17.9 Å². The number of hydrogen-bond donors (Lipinski definition) is 2. The fourth-order valence-electron chi connectivity index (χ4n) is 1.94. The van der Waals surface area contributed by atoms with Crippen molar-refractivity contribution in [3.05, 3.63) is 29.8 Å². The second-order valence-electron chi connectivity index (χ2n) is 4.27. The molecular formula is C13H17NO2S. The maximum Gasteiger partial charge on any atom is 0.251 e. The van der Waals surface area contributed by atoms with Gasteiger partial charge in [0.1, 0.15) is 0 Å². The number of nitrogens with one attached hydrogen (secondary N) is 1. The maximum absolute atomic E-state index is 11.8. The Labute approximate surface area is 107 Å². The SMILES string of the molecule is CCOC1CC(NC(=O)c2ccc(S)cc2)C1. The summed E-state index contributed by atoms with van der Waals surface area (Å²) in [5.74, 6) is -0.0155. The minimum atomic E-state index is -0.0155. The summed E-state index contributed by atoms with van der Waals surface area (Å²) in [7, 11) is 0. The molecule has 1 aromatic rings. The van der Waals surface area contributed by atoms with Crippen molar-refractivity contribution >= 4 is 18.5 Å². The molecule has 0 bridgehead atoms. The summed E-state index contributed by atoms with van der Waals surface area (Å²) in [6, 6.07) is 7.48. The molecular weight excluding hydrogens is 234 g/mol. The van der Waals surface area contributed by atoms with E-state index >= 15 is 0 Å². The maximum atomic E-state index is 11.8. The van der Waals surface area contributed by atoms with Crippen LogP contribution in [0.4, 0.5) is 0 Å². The third-order valence-corrected chi connectivity index (χ3v) is 3.26. The molecule has 1 amide bonds.